The van der Waals surface area contributed by atoms with Gasteiger partial charge in [-0.1, -0.05) is 26.2 Å². The highest BCUT2D eigenvalue weighted by molar-refractivity contribution is 4.81. The maximum Gasteiger partial charge on any atom is 0.00949 e. The standard InChI is InChI=1S/C15H30N2/c1-3-13-6-4-8-15(10-13)17(2)12-14-7-5-9-16-11-14/h13-16H,3-12H2,1-2H3. The van der Waals surface area contributed by atoms with Crippen molar-refractivity contribution in [1.82, 2.24) is 10.2 Å². The van der Waals surface area contributed by atoms with E-state index in [4.69, 9.17) is 0 Å². The minimum absolute atomic E-state index is 0.871. The van der Waals surface area contributed by atoms with Gasteiger partial charge in [-0.3, -0.25) is 0 Å². The van der Waals surface area contributed by atoms with Gasteiger partial charge < -0.3 is 10.2 Å². The summed E-state index contributed by atoms with van der Waals surface area (Å²) in [4.78, 5) is 2.67. The first-order valence-corrected chi connectivity index (χ1v) is 7.70. The van der Waals surface area contributed by atoms with Crippen molar-refractivity contribution in [2.24, 2.45) is 11.8 Å². The lowest BCUT2D eigenvalue weighted by Gasteiger charge is -2.37. The first kappa shape index (κ1) is 13.4. The van der Waals surface area contributed by atoms with Crippen molar-refractivity contribution in [3.05, 3.63) is 0 Å². The molecule has 1 saturated heterocycles. The van der Waals surface area contributed by atoms with Crippen molar-refractivity contribution in [3.63, 3.8) is 0 Å². The number of piperidine rings is 1. The van der Waals surface area contributed by atoms with E-state index in [9.17, 15) is 0 Å². The summed E-state index contributed by atoms with van der Waals surface area (Å²) in [5.74, 6) is 1.90. The van der Waals surface area contributed by atoms with E-state index < -0.39 is 0 Å². The van der Waals surface area contributed by atoms with Crippen LogP contribution in [0.1, 0.15) is 51.9 Å². The topological polar surface area (TPSA) is 15.3 Å². The van der Waals surface area contributed by atoms with Gasteiger partial charge in [-0.2, -0.15) is 0 Å². The van der Waals surface area contributed by atoms with Crippen LogP contribution in [0.15, 0.2) is 0 Å². The molecule has 2 nitrogen and oxygen atoms in total. The van der Waals surface area contributed by atoms with Gasteiger partial charge in [-0.15, -0.1) is 0 Å². The molecule has 1 N–H and O–H groups in total. The molecule has 1 heterocycles. The Morgan fingerprint density at radius 3 is 2.65 bits per heavy atom. The monoisotopic (exact) mass is 238 g/mol. The molecule has 0 aromatic rings. The van der Waals surface area contributed by atoms with E-state index in [0.29, 0.717) is 0 Å². The fourth-order valence-corrected chi connectivity index (χ4v) is 3.67. The van der Waals surface area contributed by atoms with Gasteiger partial charge >= 0.3 is 0 Å². The molecule has 0 aromatic carbocycles. The van der Waals surface area contributed by atoms with E-state index in [1.54, 1.807) is 0 Å². The third-order valence-electron chi connectivity index (χ3n) is 4.90. The van der Waals surface area contributed by atoms with Crippen molar-refractivity contribution in [2.75, 3.05) is 26.7 Å². The van der Waals surface area contributed by atoms with Gasteiger partial charge in [0, 0.05) is 12.6 Å². The number of nitrogens with one attached hydrogen (secondary N) is 1. The summed E-state index contributed by atoms with van der Waals surface area (Å²) in [6, 6.07) is 0.871. The van der Waals surface area contributed by atoms with E-state index in [1.807, 2.05) is 0 Å². The Hall–Kier alpha value is -0.0800. The van der Waals surface area contributed by atoms with Crippen LogP contribution < -0.4 is 5.32 Å². The van der Waals surface area contributed by atoms with Gasteiger partial charge in [0.25, 0.3) is 0 Å². The molecular formula is C15H30N2. The Balaban J connectivity index is 1.75. The van der Waals surface area contributed by atoms with Gasteiger partial charge in [-0.25, -0.2) is 0 Å². The molecule has 2 fully saturated rings. The molecule has 100 valence electrons. The number of hydrogen-bond acceptors (Lipinski definition) is 2. The molecule has 2 heteroatoms. The van der Waals surface area contributed by atoms with Crippen LogP contribution in [0.5, 0.6) is 0 Å². The molecule has 2 aliphatic rings. The van der Waals surface area contributed by atoms with E-state index >= 15 is 0 Å². The third-order valence-corrected chi connectivity index (χ3v) is 4.90. The minimum Gasteiger partial charge on any atom is -0.316 e. The predicted molar refractivity (Wildman–Crippen MR) is 74.3 cm³/mol. The van der Waals surface area contributed by atoms with Crippen LogP contribution >= 0.6 is 0 Å². The summed E-state index contributed by atoms with van der Waals surface area (Å²) in [7, 11) is 2.36. The second kappa shape index (κ2) is 6.75. The van der Waals surface area contributed by atoms with Gasteiger partial charge in [0.05, 0.1) is 0 Å². The highest BCUT2D eigenvalue weighted by atomic mass is 15.1. The van der Waals surface area contributed by atoms with Gasteiger partial charge in [0.2, 0.25) is 0 Å². The van der Waals surface area contributed by atoms with Crippen molar-refractivity contribution in [2.45, 2.75) is 57.9 Å². The number of rotatable bonds is 4. The Labute approximate surface area is 107 Å². The zero-order chi connectivity index (χ0) is 12.1. The molecule has 2 rings (SSSR count). The summed E-state index contributed by atoms with van der Waals surface area (Å²) in [5.41, 5.74) is 0. The highest BCUT2D eigenvalue weighted by Gasteiger charge is 2.25. The molecule has 3 atom stereocenters. The van der Waals surface area contributed by atoms with E-state index in [-0.39, 0.29) is 0 Å². The van der Waals surface area contributed by atoms with Crippen LogP contribution in [0.3, 0.4) is 0 Å². The molecule has 3 unspecified atom stereocenters. The van der Waals surface area contributed by atoms with Gasteiger partial charge in [0.1, 0.15) is 0 Å². The zero-order valence-corrected chi connectivity index (χ0v) is 11.8. The highest BCUT2D eigenvalue weighted by Crippen LogP contribution is 2.29. The predicted octanol–water partition coefficient (Wildman–Crippen LogP) is 2.89. The van der Waals surface area contributed by atoms with Crippen LogP contribution in [-0.4, -0.2) is 37.6 Å². The normalized spacial score (nSPS) is 35.1. The Kier molecular flexibility index (Phi) is 5.30. The molecule has 1 aliphatic heterocycles. The smallest absolute Gasteiger partial charge is 0.00949 e. The SMILES string of the molecule is CCC1CCCC(N(C)CC2CCCNC2)C1. The molecule has 0 spiro atoms. The quantitative estimate of drug-likeness (QED) is 0.810. The van der Waals surface area contributed by atoms with Crippen LogP contribution in [0, 0.1) is 11.8 Å². The molecule has 0 radical (unpaired) electrons. The average Bonchev–Trinajstić information content (AvgIpc) is 2.40. The number of hydrogen-bond donors (Lipinski definition) is 1. The van der Waals surface area contributed by atoms with Crippen LogP contribution in [0.2, 0.25) is 0 Å². The average molecular weight is 238 g/mol. The van der Waals surface area contributed by atoms with Crippen molar-refractivity contribution < 1.29 is 0 Å². The molecule has 17 heavy (non-hydrogen) atoms. The Morgan fingerprint density at radius 1 is 1.12 bits per heavy atom. The lowest BCUT2D eigenvalue weighted by molar-refractivity contribution is 0.130. The molecule has 1 aliphatic carbocycles. The Bertz CT molecular complexity index is 211. The largest absolute Gasteiger partial charge is 0.316 e. The maximum absolute atomic E-state index is 3.54. The zero-order valence-electron chi connectivity index (χ0n) is 11.8. The van der Waals surface area contributed by atoms with Crippen LogP contribution in [0.25, 0.3) is 0 Å². The fraction of sp³-hybridized carbons (Fsp3) is 1.00. The van der Waals surface area contributed by atoms with E-state index in [1.165, 1.54) is 64.6 Å². The summed E-state index contributed by atoms with van der Waals surface area (Å²) in [5, 5.41) is 3.54. The summed E-state index contributed by atoms with van der Waals surface area (Å²) in [6.45, 7) is 6.15. The summed E-state index contributed by atoms with van der Waals surface area (Å²) < 4.78 is 0. The first-order valence-electron chi connectivity index (χ1n) is 7.70. The first-order chi connectivity index (χ1) is 8.29. The van der Waals surface area contributed by atoms with Crippen LogP contribution in [0.4, 0.5) is 0 Å². The third kappa shape index (κ3) is 3.96. The minimum atomic E-state index is 0.871. The lowest BCUT2D eigenvalue weighted by Crippen LogP contribution is -2.42. The maximum atomic E-state index is 3.54. The molecule has 1 saturated carbocycles. The fourth-order valence-electron chi connectivity index (χ4n) is 3.67. The second-order valence-electron chi connectivity index (χ2n) is 6.25. The van der Waals surface area contributed by atoms with E-state index in [2.05, 4.69) is 24.2 Å². The molecule has 0 amide bonds. The summed E-state index contributed by atoms with van der Waals surface area (Å²) >= 11 is 0. The van der Waals surface area contributed by atoms with E-state index in [0.717, 1.165) is 17.9 Å². The van der Waals surface area contributed by atoms with Crippen molar-refractivity contribution in [3.8, 4) is 0 Å². The van der Waals surface area contributed by atoms with Gasteiger partial charge in [-0.05, 0) is 57.7 Å². The van der Waals surface area contributed by atoms with Crippen molar-refractivity contribution in [1.29, 1.82) is 0 Å². The second-order valence-corrected chi connectivity index (χ2v) is 6.25. The summed E-state index contributed by atoms with van der Waals surface area (Å²) in [6.07, 6.45) is 10.0. The molecular weight excluding hydrogens is 208 g/mol. The molecule has 0 aromatic heterocycles. The molecule has 0 bridgehead atoms. The van der Waals surface area contributed by atoms with Crippen molar-refractivity contribution >= 4 is 0 Å². The van der Waals surface area contributed by atoms with Gasteiger partial charge in [0.15, 0.2) is 0 Å². The number of nitrogens with zero attached hydrogens (tertiary/aromatic N) is 1. The van der Waals surface area contributed by atoms with Crippen LogP contribution in [-0.2, 0) is 0 Å². The Morgan fingerprint density at radius 2 is 1.94 bits per heavy atom. The lowest BCUT2D eigenvalue weighted by atomic mass is 9.83.